The molecule has 1 aromatic carbocycles. The van der Waals surface area contributed by atoms with Crippen LogP contribution in [0.3, 0.4) is 0 Å². The molecule has 0 aliphatic rings. The largest absolute Gasteiger partial charge is 0.495 e. The van der Waals surface area contributed by atoms with Gasteiger partial charge in [-0.3, -0.25) is 4.79 Å². The van der Waals surface area contributed by atoms with Gasteiger partial charge in [0.2, 0.25) is 5.91 Å². The van der Waals surface area contributed by atoms with Crippen LogP contribution in [0.1, 0.15) is 25.8 Å². The summed E-state index contributed by atoms with van der Waals surface area (Å²) >= 11 is 0. The normalized spacial score (nSPS) is 12.0. The Morgan fingerprint density at radius 1 is 1.50 bits per heavy atom. The molecule has 0 saturated carbocycles. The lowest BCUT2D eigenvalue weighted by molar-refractivity contribution is -0.119. The van der Waals surface area contributed by atoms with Crippen LogP contribution in [-0.4, -0.2) is 13.0 Å². The fraction of sp³-hybridized carbons (Fsp3) is 0.462. The summed E-state index contributed by atoms with van der Waals surface area (Å²) in [6, 6.07) is 5.73. The van der Waals surface area contributed by atoms with Crippen molar-refractivity contribution < 1.29 is 9.53 Å². The molecule has 0 aliphatic carbocycles. The fourth-order valence-electron chi connectivity index (χ4n) is 1.34. The van der Waals surface area contributed by atoms with Gasteiger partial charge in [-0.25, -0.2) is 0 Å². The summed E-state index contributed by atoms with van der Waals surface area (Å²) in [7, 11) is 1.60. The SMILES string of the molecule is CCC(C)C(=O)Nc1ccc(C)cc1OC. The van der Waals surface area contributed by atoms with Gasteiger partial charge in [0.05, 0.1) is 12.8 Å². The first-order valence-corrected chi connectivity index (χ1v) is 5.54. The van der Waals surface area contributed by atoms with Crippen molar-refractivity contribution in [3.63, 3.8) is 0 Å². The van der Waals surface area contributed by atoms with Gasteiger partial charge >= 0.3 is 0 Å². The molecule has 0 saturated heterocycles. The molecule has 1 atom stereocenters. The van der Waals surface area contributed by atoms with Crippen molar-refractivity contribution in [2.75, 3.05) is 12.4 Å². The van der Waals surface area contributed by atoms with Gasteiger partial charge in [0.1, 0.15) is 5.75 Å². The minimum absolute atomic E-state index is 0.0195. The van der Waals surface area contributed by atoms with Gasteiger partial charge in [-0.05, 0) is 31.0 Å². The smallest absolute Gasteiger partial charge is 0.227 e. The van der Waals surface area contributed by atoms with Crippen LogP contribution < -0.4 is 10.1 Å². The first-order valence-electron chi connectivity index (χ1n) is 5.54. The summed E-state index contributed by atoms with van der Waals surface area (Å²) in [6.07, 6.45) is 0.833. The van der Waals surface area contributed by atoms with E-state index in [1.165, 1.54) is 0 Å². The third-order valence-electron chi connectivity index (χ3n) is 2.67. The van der Waals surface area contributed by atoms with Crippen LogP contribution in [0, 0.1) is 12.8 Å². The number of methoxy groups -OCH3 is 1. The van der Waals surface area contributed by atoms with Gasteiger partial charge in [0, 0.05) is 5.92 Å². The zero-order chi connectivity index (χ0) is 12.1. The lowest BCUT2D eigenvalue weighted by Crippen LogP contribution is -2.20. The molecule has 0 radical (unpaired) electrons. The highest BCUT2D eigenvalue weighted by atomic mass is 16.5. The maximum atomic E-state index is 11.7. The number of hydrogen-bond donors (Lipinski definition) is 1. The molecule has 0 heterocycles. The number of amides is 1. The van der Waals surface area contributed by atoms with Crippen LogP contribution in [0.5, 0.6) is 5.75 Å². The van der Waals surface area contributed by atoms with Crippen LogP contribution in [0.2, 0.25) is 0 Å². The van der Waals surface area contributed by atoms with Crippen molar-refractivity contribution in [3.05, 3.63) is 23.8 Å². The Bertz CT molecular complexity index is 374. The maximum absolute atomic E-state index is 11.7. The highest BCUT2D eigenvalue weighted by Crippen LogP contribution is 2.25. The summed E-state index contributed by atoms with van der Waals surface area (Å²) in [4.78, 5) is 11.7. The van der Waals surface area contributed by atoms with E-state index in [0.29, 0.717) is 5.75 Å². The van der Waals surface area contributed by atoms with Gasteiger partial charge in [-0.2, -0.15) is 0 Å². The molecular formula is C13H19NO2. The predicted molar refractivity (Wildman–Crippen MR) is 65.8 cm³/mol. The molecule has 0 aromatic heterocycles. The van der Waals surface area contributed by atoms with Gasteiger partial charge in [0.15, 0.2) is 0 Å². The molecule has 3 heteroatoms. The highest BCUT2D eigenvalue weighted by molar-refractivity contribution is 5.93. The van der Waals surface area contributed by atoms with Crippen molar-refractivity contribution in [3.8, 4) is 5.75 Å². The van der Waals surface area contributed by atoms with E-state index in [9.17, 15) is 4.79 Å². The Morgan fingerprint density at radius 2 is 2.19 bits per heavy atom. The Hall–Kier alpha value is -1.51. The maximum Gasteiger partial charge on any atom is 0.227 e. The van der Waals surface area contributed by atoms with E-state index >= 15 is 0 Å². The zero-order valence-corrected chi connectivity index (χ0v) is 10.3. The van der Waals surface area contributed by atoms with Gasteiger partial charge in [-0.1, -0.05) is 19.9 Å². The predicted octanol–water partition coefficient (Wildman–Crippen LogP) is 2.99. The van der Waals surface area contributed by atoms with E-state index in [4.69, 9.17) is 4.74 Å². The number of benzene rings is 1. The molecule has 1 aromatic rings. The Balaban J connectivity index is 2.84. The van der Waals surface area contributed by atoms with Crippen molar-refractivity contribution in [1.29, 1.82) is 0 Å². The number of hydrogen-bond acceptors (Lipinski definition) is 2. The van der Waals surface area contributed by atoms with E-state index in [0.717, 1.165) is 17.7 Å². The Kier molecular flexibility index (Phi) is 4.35. The second-order valence-corrected chi connectivity index (χ2v) is 4.00. The van der Waals surface area contributed by atoms with Crippen LogP contribution in [0.4, 0.5) is 5.69 Å². The number of carbonyl (C=O) groups excluding carboxylic acids is 1. The van der Waals surface area contributed by atoms with Crippen molar-refractivity contribution in [2.45, 2.75) is 27.2 Å². The third kappa shape index (κ3) is 2.99. The summed E-state index contributed by atoms with van der Waals surface area (Å²) in [5, 5.41) is 2.88. The van der Waals surface area contributed by atoms with Gasteiger partial charge < -0.3 is 10.1 Å². The second kappa shape index (κ2) is 5.54. The Morgan fingerprint density at radius 3 is 2.75 bits per heavy atom. The van der Waals surface area contributed by atoms with E-state index in [1.807, 2.05) is 39.0 Å². The molecule has 3 nitrogen and oxygen atoms in total. The number of rotatable bonds is 4. The second-order valence-electron chi connectivity index (χ2n) is 4.00. The lowest BCUT2D eigenvalue weighted by atomic mass is 10.1. The van der Waals surface area contributed by atoms with Crippen molar-refractivity contribution in [2.24, 2.45) is 5.92 Å². The van der Waals surface area contributed by atoms with Crippen molar-refractivity contribution in [1.82, 2.24) is 0 Å². The quantitative estimate of drug-likeness (QED) is 0.848. The molecule has 0 bridgehead atoms. The number of anilines is 1. The first-order chi connectivity index (χ1) is 7.58. The molecule has 0 fully saturated rings. The number of carbonyl (C=O) groups is 1. The topological polar surface area (TPSA) is 38.3 Å². The molecular weight excluding hydrogens is 202 g/mol. The van der Waals surface area contributed by atoms with Gasteiger partial charge in [0.25, 0.3) is 0 Å². The molecule has 1 N–H and O–H groups in total. The van der Waals surface area contributed by atoms with E-state index < -0.39 is 0 Å². The minimum atomic E-state index is 0.0195. The molecule has 88 valence electrons. The van der Waals surface area contributed by atoms with Crippen LogP contribution in [0.25, 0.3) is 0 Å². The first kappa shape index (κ1) is 12.6. The standard InChI is InChI=1S/C13H19NO2/c1-5-10(3)13(15)14-11-7-6-9(2)8-12(11)16-4/h6-8,10H,5H2,1-4H3,(H,14,15). The average molecular weight is 221 g/mol. The monoisotopic (exact) mass is 221 g/mol. The highest BCUT2D eigenvalue weighted by Gasteiger charge is 2.12. The number of aryl methyl sites for hydroxylation is 1. The molecule has 16 heavy (non-hydrogen) atoms. The summed E-state index contributed by atoms with van der Waals surface area (Å²) < 4.78 is 5.23. The van der Waals surface area contributed by atoms with Crippen LogP contribution in [-0.2, 0) is 4.79 Å². The van der Waals surface area contributed by atoms with Crippen LogP contribution in [0.15, 0.2) is 18.2 Å². The Labute approximate surface area is 96.8 Å². The van der Waals surface area contributed by atoms with Gasteiger partial charge in [-0.15, -0.1) is 0 Å². The van der Waals surface area contributed by atoms with E-state index in [1.54, 1.807) is 7.11 Å². The zero-order valence-electron chi connectivity index (χ0n) is 10.3. The van der Waals surface area contributed by atoms with E-state index in [2.05, 4.69) is 5.32 Å². The number of ether oxygens (including phenoxy) is 1. The minimum Gasteiger partial charge on any atom is -0.495 e. The van der Waals surface area contributed by atoms with Crippen molar-refractivity contribution >= 4 is 11.6 Å². The fourth-order valence-corrected chi connectivity index (χ4v) is 1.34. The van der Waals surface area contributed by atoms with Crippen LogP contribution >= 0.6 is 0 Å². The molecule has 0 spiro atoms. The third-order valence-corrected chi connectivity index (χ3v) is 2.67. The molecule has 1 amide bonds. The number of nitrogens with one attached hydrogen (secondary N) is 1. The van der Waals surface area contributed by atoms with E-state index in [-0.39, 0.29) is 11.8 Å². The molecule has 1 rings (SSSR count). The lowest BCUT2D eigenvalue weighted by Gasteiger charge is -2.13. The average Bonchev–Trinajstić information content (AvgIpc) is 2.30. The molecule has 1 unspecified atom stereocenters. The molecule has 0 aliphatic heterocycles. The summed E-state index contributed by atoms with van der Waals surface area (Å²) in [5.74, 6) is 0.757. The summed E-state index contributed by atoms with van der Waals surface area (Å²) in [6.45, 7) is 5.90. The summed E-state index contributed by atoms with van der Waals surface area (Å²) in [5.41, 5.74) is 1.84.